The van der Waals surface area contributed by atoms with Crippen molar-refractivity contribution in [3.8, 4) is 0 Å². The van der Waals surface area contributed by atoms with Crippen molar-refractivity contribution < 1.29 is 9.59 Å². The summed E-state index contributed by atoms with van der Waals surface area (Å²) in [5, 5.41) is 11.4. The van der Waals surface area contributed by atoms with Crippen LogP contribution in [0.2, 0.25) is 0 Å². The van der Waals surface area contributed by atoms with Crippen molar-refractivity contribution in [1.82, 2.24) is 9.99 Å². The fourth-order valence-electron chi connectivity index (χ4n) is 1.79. The van der Waals surface area contributed by atoms with Gasteiger partial charge in [-0.2, -0.15) is 0 Å². The van der Waals surface area contributed by atoms with Crippen molar-refractivity contribution in [1.29, 1.82) is 0 Å². The van der Waals surface area contributed by atoms with Crippen LogP contribution in [-0.4, -0.2) is 34.4 Å². The zero-order chi connectivity index (χ0) is 14.5. The molecule has 7 heteroatoms. The van der Waals surface area contributed by atoms with Crippen LogP contribution < -0.4 is 5.32 Å². The van der Waals surface area contributed by atoms with Gasteiger partial charge in [0, 0.05) is 24.6 Å². The molecule has 1 unspecified atom stereocenters. The Bertz CT molecular complexity index is 515. The van der Waals surface area contributed by atoms with Gasteiger partial charge in [0.25, 0.3) is 11.8 Å². The van der Waals surface area contributed by atoms with Gasteiger partial charge in [0.15, 0.2) is 0 Å². The van der Waals surface area contributed by atoms with E-state index in [9.17, 15) is 9.59 Å². The SMILES string of the molecule is CC(C)CCN1N=NC(=O)C1C(=O)Nc1ccncc1. The second-order valence-electron chi connectivity index (χ2n) is 5.00. The first-order valence-electron chi connectivity index (χ1n) is 6.51. The second kappa shape index (κ2) is 6.23. The standard InChI is InChI=1S/C13H17N5O2/c1-9(2)5-8-18-11(13(20)16-17-18)12(19)15-10-3-6-14-7-4-10/h3-4,6-7,9,11H,5,8H2,1-2H3,(H,14,15,19). The van der Waals surface area contributed by atoms with Crippen molar-refractivity contribution in [2.75, 3.05) is 11.9 Å². The molecule has 7 nitrogen and oxygen atoms in total. The maximum absolute atomic E-state index is 12.2. The molecule has 1 atom stereocenters. The monoisotopic (exact) mass is 275 g/mol. The van der Waals surface area contributed by atoms with Crippen LogP contribution in [0, 0.1) is 5.92 Å². The normalized spacial score (nSPS) is 17.9. The van der Waals surface area contributed by atoms with E-state index in [1.54, 1.807) is 24.5 Å². The number of carbonyl (C=O) groups is 2. The van der Waals surface area contributed by atoms with Crippen LogP contribution >= 0.6 is 0 Å². The lowest BCUT2D eigenvalue weighted by Gasteiger charge is -2.20. The van der Waals surface area contributed by atoms with Crippen molar-refractivity contribution >= 4 is 17.5 Å². The molecule has 2 amide bonds. The Hall–Kier alpha value is -2.31. The van der Waals surface area contributed by atoms with E-state index in [4.69, 9.17) is 0 Å². The third-order valence-corrected chi connectivity index (χ3v) is 2.92. The van der Waals surface area contributed by atoms with Gasteiger partial charge in [-0.05, 0) is 24.5 Å². The van der Waals surface area contributed by atoms with E-state index in [2.05, 4.69) is 34.5 Å². The van der Waals surface area contributed by atoms with E-state index in [1.807, 2.05) is 0 Å². The van der Waals surface area contributed by atoms with Crippen molar-refractivity contribution in [2.24, 2.45) is 16.3 Å². The van der Waals surface area contributed by atoms with Crippen LogP contribution in [0.1, 0.15) is 20.3 Å². The maximum Gasteiger partial charge on any atom is 0.300 e. The number of hydrogen-bond acceptors (Lipinski definition) is 5. The van der Waals surface area contributed by atoms with Gasteiger partial charge in [-0.1, -0.05) is 24.2 Å². The van der Waals surface area contributed by atoms with Gasteiger partial charge in [-0.25, -0.2) is 0 Å². The largest absolute Gasteiger partial charge is 0.324 e. The molecule has 0 spiro atoms. The van der Waals surface area contributed by atoms with Crippen LogP contribution in [0.25, 0.3) is 0 Å². The lowest BCUT2D eigenvalue weighted by Crippen LogP contribution is -2.43. The van der Waals surface area contributed by atoms with Gasteiger partial charge in [-0.3, -0.25) is 19.6 Å². The molecule has 1 aromatic heterocycles. The quantitative estimate of drug-likeness (QED) is 0.827. The van der Waals surface area contributed by atoms with Crippen LogP contribution in [0.15, 0.2) is 34.9 Å². The molecule has 0 radical (unpaired) electrons. The van der Waals surface area contributed by atoms with Gasteiger partial charge in [0.1, 0.15) is 0 Å². The summed E-state index contributed by atoms with van der Waals surface area (Å²) in [7, 11) is 0. The summed E-state index contributed by atoms with van der Waals surface area (Å²) in [6, 6.07) is 2.34. The molecule has 0 aliphatic carbocycles. The summed E-state index contributed by atoms with van der Waals surface area (Å²) in [6.45, 7) is 4.67. The summed E-state index contributed by atoms with van der Waals surface area (Å²) in [6.07, 6.45) is 3.97. The highest BCUT2D eigenvalue weighted by molar-refractivity contribution is 6.10. The Labute approximate surface area is 117 Å². The maximum atomic E-state index is 12.2. The zero-order valence-electron chi connectivity index (χ0n) is 11.5. The summed E-state index contributed by atoms with van der Waals surface area (Å²) < 4.78 is 0. The van der Waals surface area contributed by atoms with E-state index >= 15 is 0 Å². The van der Waals surface area contributed by atoms with E-state index in [0.717, 1.165) is 6.42 Å². The Morgan fingerprint density at radius 1 is 1.40 bits per heavy atom. The highest BCUT2D eigenvalue weighted by Crippen LogP contribution is 2.16. The predicted molar refractivity (Wildman–Crippen MR) is 72.7 cm³/mol. The number of amides is 2. The molecular formula is C13H17N5O2. The molecule has 1 aliphatic heterocycles. The molecule has 1 aromatic rings. The lowest BCUT2D eigenvalue weighted by molar-refractivity contribution is -0.129. The molecule has 2 rings (SSSR count). The number of nitrogens with one attached hydrogen (secondary N) is 1. The number of carbonyl (C=O) groups excluding carboxylic acids is 2. The number of nitrogens with zero attached hydrogens (tertiary/aromatic N) is 4. The molecule has 2 heterocycles. The molecule has 1 N–H and O–H groups in total. The van der Waals surface area contributed by atoms with Gasteiger partial charge in [0.2, 0.25) is 6.04 Å². The first kappa shape index (κ1) is 14.1. The zero-order valence-corrected chi connectivity index (χ0v) is 11.5. The van der Waals surface area contributed by atoms with E-state index in [-0.39, 0.29) is 0 Å². The molecule has 0 fully saturated rings. The predicted octanol–water partition coefficient (Wildman–Crippen LogP) is 1.64. The number of hydrogen-bond donors (Lipinski definition) is 1. The molecular weight excluding hydrogens is 258 g/mol. The summed E-state index contributed by atoms with van der Waals surface area (Å²) in [5.74, 6) is -0.486. The Morgan fingerprint density at radius 3 is 2.75 bits per heavy atom. The lowest BCUT2D eigenvalue weighted by atomic mass is 10.1. The minimum absolute atomic E-state index is 0.421. The van der Waals surface area contributed by atoms with Gasteiger partial charge in [0.05, 0.1) is 0 Å². The molecule has 20 heavy (non-hydrogen) atoms. The fraction of sp³-hybridized carbons (Fsp3) is 0.462. The minimum Gasteiger partial charge on any atom is -0.324 e. The number of rotatable bonds is 5. The second-order valence-corrected chi connectivity index (χ2v) is 5.00. The van der Waals surface area contributed by atoms with Crippen LogP contribution in [0.5, 0.6) is 0 Å². The van der Waals surface area contributed by atoms with E-state index in [0.29, 0.717) is 18.2 Å². The highest BCUT2D eigenvalue weighted by Gasteiger charge is 2.37. The third-order valence-electron chi connectivity index (χ3n) is 2.92. The number of aromatic nitrogens is 1. The van der Waals surface area contributed by atoms with Crippen molar-refractivity contribution in [3.63, 3.8) is 0 Å². The average Bonchev–Trinajstić information content (AvgIpc) is 2.78. The van der Waals surface area contributed by atoms with Gasteiger partial charge >= 0.3 is 0 Å². The Morgan fingerprint density at radius 2 is 2.10 bits per heavy atom. The van der Waals surface area contributed by atoms with E-state index in [1.165, 1.54) is 5.01 Å². The Kier molecular flexibility index (Phi) is 4.39. The Balaban J connectivity index is 2.01. The molecule has 106 valence electrons. The molecule has 1 aliphatic rings. The topological polar surface area (TPSA) is 87.0 Å². The molecule has 0 bridgehead atoms. The minimum atomic E-state index is -0.970. The van der Waals surface area contributed by atoms with Crippen molar-refractivity contribution in [3.05, 3.63) is 24.5 Å². The molecule has 0 aromatic carbocycles. The fourth-order valence-corrected chi connectivity index (χ4v) is 1.79. The summed E-state index contributed by atoms with van der Waals surface area (Å²) in [5.41, 5.74) is 0.591. The molecule has 0 saturated heterocycles. The van der Waals surface area contributed by atoms with Gasteiger partial charge < -0.3 is 5.32 Å². The number of pyridine rings is 1. The van der Waals surface area contributed by atoms with Crippen LogP contribution in [0.3, 0.4) is 0 Å². The first-order chi connectivity index (χ1) is 9.58. The van der Waals surface area contributed by atoms with Gasteiger partial charge in [-0.15, -0.1) is 0 Å². The van der Waals surface area contributed by atoms with Crippen LogP contribution in [-0.2, 0) is 9.59 Å². The van der Waals surface area contributed by atoms with Crippen LogP contribution in [0.4, 0.5) is 5.69 Å². The highest BCUT2D eigenvalue weighted by atomic mass is 16.2. The third kappa shape index (κ3) is 3.37. The number of anilines is 1. The van der Waals surface area contributed by atoms with Crippen molar-refractivity contribution in [2.45, 2.75) is 26.3 Å². The smallest absolute Gasteiger partial charge is 0.300 e. The molecule has 0 saturated carbocycles. The summed E-state index contributed by atoms with van der Waals surface area (Å²) >= 11 is 0. The summed E-state index contributed by atoms with van der Waals surface area (Å²) in [4.78, 5) is 27.7. The average molecular weight is 275 g/mol. The van der Waals surface area contributed by atoms with E-state index < -0.39 is 17.9 Å². The first-order valence-corrected chi connectivity index (χ1v) is 6.51.